The molecule has 0 fully saturated rings. The Balaban J connectivity index is 0.00000364. The van der Waals surface area contributed by atoms with Gasteiger partial charge in [0.25, 0.3) is 0 Å². The highest BCUT2D eigenvalue weighted by Crippen LogP contribution is 2.19. The molecule has 2 aromatic heterocycles. The molecule has 1 atom stereocenters. The lowest BCUT2D eigenvalue weighted by atomic mass is 10.1. The molecule has 0 spiro atoms. The summed E-state index contributed by atoms with van der Waals surface area (Å²) in [5.41, 5.74) is 0.742. The molecule has 0 saturated heterocycles. The summed E-state index contributed by atoms with van der Waals surface area (Å²) in [7, 11) is 1.66. The largest absolute Gasteiger partial charge is 0.468 e. The third-order valence-corrected chi connectivity index (χ3v) is 4.57. The Kier molecular flexibility index (Phi) is 9.84. The van der Waals surface area contributed by atoms with Gasteiger partial charge in [-0.05, 0) is 23.1 Å². The molecule has 10 heteroatoms. The predicted octanol–water partition coefficient (Wildman–Crippen LogP) is 4.17. The van der Waals surface area contributed by atoms with Crippen LogP contribution < -0.4 is 15.4 Å². The van der Waals surface area contributed by atoms with Gasteiger partial charge in [0.05, 0.1) is 0 Å². The van der Waals surface area contributed by atoms with Crippen molar-refractivity contribution >= 4 is 41.3 Å². The van der Waals surface area contributed by atoms with Gasteiger partial charge in [0, 0.05) is 43.2 Å². The number of aromatic nitrogens is 1. The highest BCUT2D eigenvalue weighted by atomic mass is 127. The lowest BCUT2D eigenvalue weighted by Gasteiger charge is -2.15. The number of nitrogens with one attached hydrogen (secondary N) is 2. The highest BCUT2D eigenvalue weighted by molar-refractivity contribution is 14.0. The van der Waals surface area contributed by atoms with Crippen LogP contribution in [0.25, 0.3) is 0 Å². The Hall–Kier alpha value is -1.56. The van der Waals surface area contributed by atoms with Gasteiger partial charge in [-0.25, -0.2) is 4.98 Å². The number of ether oxygens (including phenoxy) is 1. The van der Waals surface area contributed by atoms with E-state index >= 15 is 0 Å². The van der Waals surface area contributed by atoms with Crippen LogP contribution in [0.15, 0.2) is 40.8 Å². The summed E-state index contributed by atoms with van der Waals surface area (Å²) in [4.78, 5) is 9.22. The molecule has 2 rings (SSSR count). The molecule has 2 N–H and O–H groups in total. The summed E-state index contributed by atoms with van der Waals surface area (Å²) in [6, 6.07) is 7.29. The Labute approximate surface area is 177 Å². The second-order valence-electron chi connectivity index (χ2n) is 5.63. The van der Waals surface area contributed by atoms with Crippen LogP contribution in [0.2, 0.25) is 0 Å². The number of aliphatic imine (C=N–C) groups is 1. The first-order chi connectivity index (χ1) is 12.4. The minimum Gasteiger partial charge on any atom is -0.468 e. The molecular weight excluding hydrogens is 492 g/mol. The van der Waals surface area contributed by atoms with E-state index in [4.69, 9.17) is 0 Å². The molecule has 0 radical (unpaired) electrons. The van der Waals surface area contributed by atoms with E-state index in [9.17, 15) is 13.2 Å². The minimum absolute atomic E-state index is 0. The fraction of sp³-hybridized carbons (Fsp3) is 0.412. The summed E-state index contributed by atoms with van der Waals surface area (Å²) in [6.45, 7) is 1.87. The first-order valence-electron chi connectivity index (χ1n) is 8.00. The zero-order valence-electron chi connectivity index (χ0n) is 14.9. The van der Waals surface area contributed by atoms with Crippen molar-refractivity contribution in [3.05, 3.63) is 46.3 Å². The van der Waals surface area contributed by atoms with Gasteiger partial charge in [0.1, 0.15) is 0 Å². The molecule has 0 amide bonds. The number of rotatable bonds is 7. The van der Waals surface area contributed by atoms with E-state index in [1.807, 2.05) is 11.4 Å². The highest BCUT2D eigenvalue weighted by Gasteiger charge is 2.28. The van der Waals surface area contributed by atoms with Crippen LogP contribution in [0.4, 0.5) is 13.2 Å². The molecule has 1 unspecified atom stereocenters. The van der Waals surface area contributed by atoms with E-state index in [0.29, 0.717) is 18.4 Å². The molecule has 2 heterocycles. The second-order valence-corrected chi connectivity index (χ2v) is 6.61. The zero-order chi connectivity index (χ0) is 19.0. The van der Waals surface area contributed by atoms with Crippen molar-refractivity contribution in [1.82, 2.24) is 15.6 Å². The molecule has 0 aromatic carbocycles. The normalized spacial score (nSPS) is 12.9. The molecular formula is C17H22F3IN4OS. The summed E-state index contributed by atoms with van der Waals surface area (Å²) < 4.78 is 41.3. The Morgan fingerprint density at radius 1 is 1.33 bits per heavy atom. The van der Waals surface area contributed by atoms with Crippen molar-refractivity contribution in [3.63, 3.8) is 0 Å². The van der Waals surface area contributed by atoms with Gasteiger partial charge >= 0.3 is 6.18 Å². The lowest BCUT2D eigenvalue weighted by molar-refractivity contribution is -0.154. The molecule has 5 nitrogen and oxygen atoms in total. The fourth-order valence-corrected chi connectivity index (χ4v) is 2.91. The number of thiophene rings is 1. The average molecular weight is 514 g/mol. The van der Waals surface area contributed by atoms with Crippen molar-refractivity contribution in [2.24, 2.45) is 4.99 Å². The van der Waals surface area contributed by atoms with E-state index < -0.39 is 12.8 Å². The topological polar surface area (TPSA) is 58.5 Å². The first-order valence-corrected chi connectivity index (χ1v) is 8.88. The van der Waals surface area contributed by atoms with Crippen LogP contribution in [-0.4, -0.2) is 37.3 Å². The molecule has 150 valence electrons. The molecule has 0 bridgehead atoms. The lowest BCUT2D eigenvalue weighted by Crippen LogP contribution is -2.38. The third kappa shape index (κ3) is 8.78. The van der Waals surface area contributed by atoms with Crippen LogP contribution in [0.1, 0.15) is 23.3 Å². The standard InChI is InChI=1S/C17H21F3N4OS.HI/c1-12(14-4-3-7-26-14)9-23-16(21-2)24-10-13-5-6-22-15(8-13)25-11-17(18,19)20;/h3-8,12H,9-11H2,1-2H3,(H2,21,23,24);1H. The van der Waals surface area contributed by atoms with Crippen molar-refractivity contribution < 1.29 is 17.9 Å². The Bertz CT molecular complexity index is 710. The number of pyridine rings is 1. The fourth-order valence-electron chi connectivity index (χ4n) is 2.12. The van der Waals surface area contributed by atoms with Gasteiger partial charge in [-0.3, -0.25) is 4.99 Å². The maximum absolute atomic E-state index is 12.2. The number of hydrogen-bond donors (Lipinski definition) is 2. The van der Waals surface area contributed by atoms with Gasteiger partial charge in [-0.2, -0.15) is 13.2 Å². The van der Waals surface area contributed by atoms with E-state index in [1.165, 1.54) is 17.1 Å². The predicted molar refractivity (Wildman–Crippen MR) is 112 cm³/mol. The molecule has 0 saturated carbocycles. The Morgan fingerprint density at radius 3 is 2.74 bits per heavy atom. The van der Waals surface area contributed by atoms with Gasteiger partial charge in [0.2, 0.25) is 5.88 Å². The monoisotopic (exact) mass is 514 g/mol. The molecule has 2 aromatic rings. The van der Waals surface area contributed by atoms with Crippen molar-refractivity contribution in [2.45, 2.75) is 25.6 Å². The smallest absolute Gasteiger partial charge is 0.422 e. The quantitative estimate of drug-likeness (QED) is 0.331. The summed E-state index contributed by atoms with van der Waals surface area (Å²) >= 11 is 1.71. The number of alkyl halides is 3. The number of nitrogens with zero attached hydrogens (tertiary/aromatic N) is 2. The number of guanidine groups is 1. The van der Waals surface area contributed by atoms with Gasteiger partial charge in [0.15, 0.2) is 12.6 Å². The van der Waals surface area contributed by atoms with Crippen molar-refractivity contribution in [3.8, 4) is 5.88 Å². The minimum atomic E-state index is -4.39. The maximum Gasteiger partial charge on any atom is 0.422 e. The van der Waals surface area contributed by atoms with Crippen molar-refractivity contribution in [1.29, 1.82) is 0 Å². The van der Waals surface area contributed by atoms with Crippen LogP contribution in [0, 0.1) is 0 Å². The van der Waals surface area contributed by atoms with Gasteiger partial charge in [-0.15, -0.1) is 35.3 Å². The molecule has 0 aliphatic rings. The van der Waals surface area contributed by atoms with E-state index in [2.05, 4.69) is 38.3 Å². The molecule has 0 aliphatic carbocycles. The van der Waals surface area contributed by atoms with E-state index in [1.54, 1.807) is 24.5 Å². The summed E-state index contributed by atoms with van der Waals surface area (Å²) in [6.07, 6.45) is -2.97. The average Bonchev–Trinajstić information content (AvgIpc) is 3.14. The Morgan fingerprint density at radius 2 is 2.11 bits per heavy atom. The van der Waals surface area contributed by atoms with Gasteiger partial charge < -0.3 is 15.4 Å². The first kappa shape index (κ1) is 23.5. The SMILES string of the molecule is CN=C(NCc1ccnc(OCC(F)(F)F)c1)NCC(C)c1cccs1.I. The van der Waals surface area contributed by atoms with Gasteiger partial charge in [-0.1, -0.05) is 13.0 Å². The molecule has 27 heavy (non-hydrogen) atoms. The second kappa shape index (κ2) is 11.3. The zero-order valence-corrected chi connectivity index (χ0v) is 18.1. The van der Waals surface area contributed by atoms with E-state index in [-0.39, 0.29) is 29.9 Å². The number of hydrogen-bond acceptors (Lipinski definition) is 4. The van der Waals surface area contributed by atoms with Crippen LogP contribution in [0.3, 0.4) is 0 Å². The maximum atomic E-state index is 12.2. The van der Waals surface area contributed by atoms with Crippen molar-refractivity contribution in [2.75, 3.05) is 20.2 Å². The third-order valence-electron chi connectivity index (χ3n) is 3.47. The van der Waals surface area contributed by atoms with Crippen LogP contribution in [0.5, 0.6) is 5.88 Å². The van der Waals surface area contributed by atoms with E-state index in [0.717, 1.165) is 12.1 Å². The summed E-state index contributed by atoms with van der Waals surface area (Å²) in [5.74, 6) is 0.899. The van der Waals surface area contributed by atoms with Crippen LogP contribution in [-0.2, 0) is 6.54 Å². The number of halogens is 4. The summed E-state index contributed by atoms with van der Waals surface area (Å²) in [5, 5.41) is 8.40. The molecule has 0 aliphatic heterocycles. The van der Waals surface area contributed by atoms with Crippen LogP contribution >= 0.6 is 35.3 Å².